The molecule has 1 heterocycles. The van der Waals surface area contributed by atoms with Crippen LogP contribution in [0.25, 0.3) is 10.9 Å². The molecule has 1 aromatic heterocycles. The van der Waals surface area contributed by atoms with Crippen LogP contribution in [0.5, 0.6) is 0 Å². The van der Waals surface area contributed by atoms with E-state index >= 15 is 0 Å². The van der Waals surface area contributed by atoms with Crippen molar-refractivity contribution < 1.29 is 4.79 Å². The van der Waals surface area contributed by atoms with Crippen molar-refractivity contribution in [3.8, 4) is 0 Å². The number of fused-ring (bicyclic) bond motifs is 1. The van der Waals surface area contributed by atoms with Crippen molar-refractivity contribution >= 4 is 16.8 Å². The van der Waals surface area contributed by atoms with E-state index in [1.807, 2.05) is 17.8 Å². The summed E-state index contributed by atoms with van der Waals surface area (Å²) in [5, 5.41) is 8.22. The molecule has 1 N–H and O–H groups in total. The Balaban J connectivity index is 2.11. The van der Waals surface area contributed by atoms with Crippen LogP contribution >= 0.6 is 0 Å². The van der Waals surface area contributed by atoms with Crippen LogP contribution in [-0.4, -0.2) is 22.2 Å². The topological polar surface area (TPSA) is 46.9 Å². The second-order valence-electron chi connectivity index (χ2n) is 4.13. The number of carbonyl (C=O) groups excluding carboxylic acids is 1. The number of nitrogens with zero attached hydrogens (tertiary/aromatic N) is 2. The van der Waals surface area contributed by atoms with Gasteiger partial charge in [0, 0.05) is 18.4 Å². The lowest BCUT2D eigenvalue weighted by Crippen LogP contribution is -2.23. The molecule has 0 saturated carbocycles. The molecule has 0 aliphatic heterocycles. The van der Waals surface area contributed by atoms with Gasteiger partial charge in [0.15, 0.2) is 0 Å². The van der Waals surface area contributed by atoms with Gasteiger partial charge >= 0.3 is 0 Å². The summed E-state index contributed by atoms with van der Waals surface area (Å²) in [5.41, 5.74) is 2.31. The van der Waals surface area contributed by atoms with Gasteiger partial charge in [0.05, 0.1) is 18.3 Å². The van der Waals surface area contributed by atoms with Crippen LogP contribution in [0.4, 0.5) is 0 Å². The Morgan fingerprint density at radius 1 is 1.47 bits per heavy atom. The minimum absolute atomic E-state index is 0.0725. The summed E-state index contributed by atoms with van der Waals surface area (Å²) in [6.45, 7) is 5.28. The predicted molar refractivity (Wildman–Crippen MR) is 67.8 cm³/mol. The van der Waals surface area contributed by atoms with Gasteiger partial charge in [-0.25, -0.2) is 0 Å². The molecule has 0 radical (unpaired) electrons. The fourth-order valence-corrected chi connectivity index (χ4v) is 1.88. The summed E-state index contributed by atoms with van der Waals surface area (Å²) in [6.07, 6.45) is 2.32. The zero-order valence-corrected chi connectivity index (χ0v) is 10.2. The van der Waals surface area contributed by atoms with Crippen molar-refractivity contribution in [3.63, 3.8) is 0 Å². The maximum atomic E-state index is 11.4. The molecule has 0 bridgehead atoms. The van der Waals surface area contributed by atoms with Crippen molar-refractivity contribution in [1.29, 1.82) is 0 Å². The van der Waals surface area contributed by atoms with E-state index in [1.165, 1.54) is 5.56 Å². The number of rotatable bonds is 4. The third-order valence-corrected chi connectivity index (χ3v) is 2.72. The van der Waals surface area contributed by atoms with Gasteiger partial charge in [-0.1, -0.05) is 11.6 Å². The van der Waals surface area contributed by atoms with Crippen LogP contribution in [0.1, 0.15) is 18.9 Å². The van der Waals surface area contributed by atoms with E-state index in [4.69, 9.17) is 0 Å². The highest BCUT2D eigenvalue weighted by Crippen LogP contribution is 2.15. The van der Waals surface area contributed by atoms with Crippen molar-refractivity contribution in [2.75, 3.05) is 6.54 Å². The minimum Gasteiger partial charge on any atom is -0.356 e. The van der Waals surface area contributed by atoms with Crippen LogP contribution in [0.15, 0.2) is 24.4 Å². The molecule has 0 fully saturated rings. The molecule has 17 heavy (non-hydrogen) atoms. The molecule has 2 rings (SSSR count). The standard InChI is InChI=1S/C13H17N3O/c1-3-14-13(17)6-7-16-12-5-4-10(2)8-11(12)9-15-16/h4-5,8-9H,3,6-7H2,1-2H3,(H,14,17). The number of amides is 1. The van der Waals surface area contributed by atoms with E-state index in [2.05, 4.69) is 35.5 Å². The molecule has 0 aliphatic rings. The van der Waals surface area contributed by atoms with Gasteiger partial charge in [0.2, 0.25) is 5.91 Å². The highest BCUT2D eigenvalue weighted by molar-refractivity contribution is 5.80. The summed E-state index contributed by atoms with van der Waals surface area (Å²) < 4.78 is 1.88. The summed E-state index contributed by atoms with van der Waals surface area (Å²) in [6, 6.07) is 6.22. The van der Waals surface area contributed by atoms with Crippen LogP contribution in [0.2, 0.25) is 0 Å². The fourth-order valence-electron chi connectivity index (χ4n) is 1.88. The molecule has 1 aromatic carbocycles. The Kier molecular flexibility index (Phi) is 3.42. The van der Waals surface area contributed by atoms with Crippen molar-refractivity contribution in [1.82, 2.24) is 15.1 Å². The first kappa shape index (κ1) is 11.6. The van der Waals surface area contributed by atoms with Gasteiger partial charge in [-0.3, -0.25) is 9.48 Å². The smallest absolute Gasteiger partial charge is 0.221 e. The third kappa shape index (κ3) is 2.64. The van der Waals surface area contributed by atoms with Crippen molar-refractivity contribution in [3.05, 3.63) is 30.0 Å². The van der Waals surface area contributed by atoms with Crippen molar-refractivity contribution in [2.45, 2.75) is 26.8 Å². The highest BCUT2D eigenvalue weighted by atomic mass is 16.1. The maximum Gasteiger partial charge on any atom is 0.221 e. The monoisotopic (exact) mass is 231 g/mol. The first-order chi connectivity index (χ1) is 8.20. The predicted octanol–water partition coefficient (Wildman–Crippen LogP) is 1.87. The van der Waals surface area contributed by atoms with E-state index in [1.54, 1.807) is 0 Å². The summed E-state index contributed by atoms with van der Waals surface area (Å²) in [4.78, 5) is 11.4. The lowest BCUT2D eigenvalue weighted by atomic mass is 10.2. The number of nitrogens with one attached hydrogen (secondary N) is 1. The molecule has 0 spiro atoms. The van der Waals surface area contributed by atoms with E-state index in [0.29, 0.717) is 19.5 Å². The second kappa shape index (κ2) is 4.99. The molecule has 4 nitrogen and oxygen atoms in total. The quantitative estimate of drug-likeness (QED) is 0.873. The van der Waals surface area contributed by atoms with Crippen LogP contribution in [0, 0.1) is 6.92 Å². The molecule has 0 aliphatic carbocycles. The van der Waals surface area contributed by atoms with E-state index in [0.717, 1.165) is 10.9 Å². The van der Waals surface area contributed by atoms with Crippen LogP contribution in [-0.2, 0) is 11.3 Å². The molecule has 90 valence electrons. The van der Waals surface area contributed by atoms with Gasteiger partial charge < -0.3 is 5.32 Å². The first-order valence-corrected chi connectivity index (χ1v) is 5.89. The normalized spacial score (nSPS) is 10.7. The molecular weight excluding hydrogens is 214 g/mol. The van der Waals surface area contributed by atoms with E-state index in [-0.39, 0.29) is 5.91 Å². The Hall–Kier alpha value is -1.84. The second-order valence-corrected chi connectivity index (χ2v) is 4.13. The molecule has 0 unspecified atom stereocenters. The SMILES string of the molecule is CCNC(=O)CCn1ncc2cc(C)ccc21. The lowest BCUT2D eigenvalue weighted by Gasteiger charge is -2.04. The molecule has 0 atom stereocenters. The lowest BCUT2D eigenvalue weighted by molar-refractivity contribution is -0.121. The number of benzene rings is 1. The third-order valence-electron chi connectivity index (χ3n) is 2.72. The number of hydrogen-bond acceptors (Lipinski definition) is 2. The zero-order valence-electron chi connectivity index (χ0n) is 10.2. The number of aromatic nitrogens is 2. The summed E-state index contributed by atoms with van der Waals surface area (Å²) in [5.74, 6) is 0.0725. The zero-order chi connectivity index (χ0) is 12.3. The number of hydrogen-bond donors (Lipinski definition) is 1. The first-order valence-electron chi connectivity index (χ1n) is 5.89. The van der Waals surface area contributed by atoms with Gasteiger partial charge in [0.25, 0.3) is 0 Å². The minimum atomic E-state index is 0.0725. The van der Waals surface area contributed by atoms with Gasteiger partial charge in [-0.15, -0.1) is 0 Å². The fraction of sp³-hybridized carbons (Fsp3) is 0.385. The van der Waals surface area contributed by atoms with Crippen LogP contribution < -0.4 is 5.32 Å². The van der Waals surface area contributed by atoms with E-state index in [9.17, 15) is 4.79 Å². The molecule has 2 aromatic rings. The maximum absolute atomic E-state index is 11.4. The average molecular weight is 231 g/mol. The number of carbonyl (C=O) groups is 1. The molecular formula is C13H17N3O. The Morgan fingerprint density at radius 2 is 2.29 bits per heavy atom. The van der Waals surface area contributed by atoms with Crippen molar-refractivity contribution in [2.24, 2.45) is 0 Å². The molecule has 1 amide bonds. The molecule has 0 saturated heterocycles. The Bertz CT molecular complexity index is 530. The van der Waals surface area contributed by atoms with Gasteiger partial charge in [0.1, 0.15) is 0 Å². The largest absolute Gasteiger partial charge is 0.356 e. The highest BCUT2D eigenvalue weighted by Gasteiger charge is 2.05. The summed E-state index contributed by atoms with van der Waals surface area (Å²) >= 11 is 0. The number of aryl methyl sites for hydroxylation is 2. The Morgan fingerprint density at radius 3 is 3.06 bits per heavy atom. The van der Waals surface area contributed by atoms with E-state index < -0.39 is 0 Å². The summed E-state index contributed by atoms with van der Waals surface area (Å²) in [7, 11) is 0. The van der Waals surface area contributed by atoms with Gasteiger partial charge in [-0.2, -0.15) is 5.10 Å². The molecule has 4 heteroatoms. The van der Waals surface area contributed by atoms with Gasteiger partial charge in [-0.05, 0) is 26.0 Å². The van der Waals surface area contributed by atoms with Crippen LogP contribution in [0.3, 0.4) is 0 Å². The average Bonchev–Trinajstić information content (AvgIpc) is 2.69. The Labute approximate surface area is 101 Å².